The number of nitrogens with one attached hydrogen (secondary N) is 1. The van der Waals surface area contributed by atoms with Crippen molar-refractivity contribution < 1.29 is 9.18 Å². The number of halogens is 1. The summed E-state index contributed by atoms with van der Waals surface area (Å²) in [5.41, 5.74) is 6.16. The maximum Gasteiger partial charge on any atom is 0.269 e. The van der Waals surface area contributed by atoms with Crippen molar-refractivity contribution in [3.63, 3.8) is 0 Å². The van der Waals surface area contributed by atoms with Crippen LogP contribution in [0.25, 0.3) is 0 Å². The molecule has 0 spiro atoms. The van der Waals surface area contributed by atoms with Crippen molar-refractivity contribution in [1.29, 1.82) is 0 Å². The Kier molecular flexibility index (Phi) is 3.74. The maximum atomic E-state index is 13.4. The standard InChI is InChI=1S/C14H13FN4OS/c15-8-1-3-12-9(7-8)10(5-6-21-12)17-13-4-2-11(14(16)20)18-19-13/h1-4,7,10H,5-6H2,(H2,16,20)(H,17,19). The first-order valence-corrected chi connectivity index (χ1v) is 7.44. The van der Waals surface area contributed by atoms with Gasteiger partial charge >= 0.3 is 0 Å². The molecule has 0 saturated carbocycles. The Morgan fingerprint density at radius 1 is 1.33 bits per heavy atom. The highest BCUT2D eigenvalue weighted by molar-refractivity contribution is 7.99. The molecule has 1 aromatic heterocycles. The minimum atomic E-state index is -0.615. The number of anilines is 1. The summed E-state index contributed by atoms with van der Waals surface area (Å²) in [6.07, 6.45) is 0.861. The number of nitrogens with zero attached hydrogens (tertiary/aromatic N) is 2. The third-order valence-electron chi connectivity index (χ3n) is 3.25. The molecule has 3 rings (SSSR count). The summed E-state index contributed by atoms with van der Waals surface area (Å²) in [7, 11) is 0. The van der Waals surface area contributed by atoms with Gasteiger partial charge in [-0.05, 0) is 42.3 Å². The average molecular weight is 304 g/mol. The van der Waals surface area contributed by atoms with Gasteiger partial charge in [0.15, 0.2) is 5.69 Å². The van der Waals surface area contributed by atoms with Gasteiger partial charge in [0.05, 0.1) is 6.04 Å². The van der Waals surface area contributed by atoms with E-state index >= 15 is 0 Å². The Morgan fingerprint density at radius 2 is 2.19 bits per heavy atom. The van der Waals surface area contributed by atoms with E-state index in [1.165, 1.54) is 12.1 Å². The summed E-state index contributed by atoms with van der Waals surface area (Å²) in [5.74, 6) is 0.615. The number of hydrogen-bond donors (Lipinski definition) is 2. The molecule has 1 unspecified atom stereocenters. The molecule has 108 valence electrons. The molecule has 0 aliphatic carbocycles. The van der Waals surface area contributed by atoms with Crippen LogP contribution in [0.4, 0.5) is 10.2 Å². The molecule has 3 N–H and O–H groups in total. The van der Waals surface area contributed by atoms with E-state index in [1.54, 1.807) is 30.0 Å². The van der Waals surface area contributed by atoms with Gasteiger partial charge in [-0.3, -0.25) is 4.79 Å². The van der Waals surface area contributed by atoms with Gasteiger partial charge in [-0.2, -0.15) is 0 Å². The summed E-state index contributed by atoms with van der Waals surface area (Å²) in [6, 6.07) is 7.95. The van der Waals surface area contributed by atoms with E-state index in [0.29, 0.717) is 5.82 Å². The highest BCUT2D eigenvalue weighted by Gasteiger charge is 2.21. The third-order valence-corrected chi connectivity index (χ3v) is 4.37. The molecule has 0 fully saturated rings. The van der Waals surface area contributed by atoms with E-state index in [4.69, 9.17) is 5.73 Å². The minimum Gasteiger partial charge on any atom is -0.364 e. The van der Waals surface area contributed by atoms with Crippen LogP contribution in [0.2, 0.25) is 0 Å². The van der Waals surface area contributed by atoms with Crippen LogP contribution >= 0.6 is 11.8 Å². The Labute approximate surface area is 125 Å². The number of carbonyl (C=O) groups is 1. The van der Waals surface area contributed by atoms with Crippen molar-refractivity contribution in [3.05, 3.63) is 47.4 Å². The number of aromatic nitrogens is 2. The lowest BCUT2D eigenvalue weighted by atomic mass is 10.0. The lowest BCUT2D eigenvalue weighted by molar-refractivity contribution is 0.0994. The monoisotopic (exact) mass is 304 g/mol. The molecule has 7 heteroatoms. The number of amides is 1. The van der Waals surface area contributed by atoms with Crippen LogP contribution in [0, 0.1) is 5.82 Å². The van der Waals surface area contributed by atoms with E-state index in [9.17, 15) is 9.18 Å². The molecule has 2 heterocycles. The highest BCUT2D eigenvalue weighted by Crippen LogP contribution is 2.37. The molecule has 1 atom stereocenters. The fourth-order valence-electron chi connectivity index (χ4n) is 2.23. The molecule has 1 aromatic carbocycles. The van der Waals surface area contributed by atoms with Crippen molar-refractivity contribution in [2.45, 2.75) is 17.4 Å². The first-order chi connectivity index (χ1) is 10.1. The molecule has 0 saturated heterocycles. The summed E-state index contributed by atoms with van der Waals surface area (Å²) in [4.78, 5) is 12.0. The Balaban J connectivity index is 1.83. The summed E-state index contributed by atoms with van der Waals surface area (Å²) < 4.78 is 13.4. The Morgan fingerprint density at radius 3 is 2.90 bits per heavy atom. The molecule has 21 heavy (non-hydrogen) atoms. The number of nitrogens with two attached hydrogens (primary N) is 1. The van der Waals surface area contributed by atoms with Gasteiger partial charge in [0, 0.05) is 10.6 Å². The molecule has 5 nitrogen and oxygen atoms in total. The topological polar surface area (TPSA) is 80.9 Å². The van der Waals surface area contributed by atoms with Crippen molar-refractivity contribution >= 4 is 23.5 Å². The van der Waals surface area contributed by atoms with E-state index in [2.05, 4.69) is 15.5 Å². The Hall–Kier alpha value is -2.15. The summed E-state index contributed by atoms with van der Waals surface area (Å²) >= 11 is 1.71. The van der Waals surface area contributed by atoms with Crippen LogP contribution in [0.15, 0.2) is 35.2 Å². The van der Waals surface area contributed by atoms with Crippen LogP contribution in [-0.2, 0) is 0 Å². The normalized spacial score (nSPS) is 17.1. The zero-order valence-electron chi connectivity index (χ0n) is 11.0. The van der Waals surface area contributed by atoms with E-state index in [0.717, 1.165) is 22.6 Å². The number of fused-ring (bicyclic) bond motifs is 1. The van der Waals surface area contributed by atoms with Crippen molar-refractivity contribution in [2.24, 2.45) is 5.73 Å². The summed E-state index contributed by atoms with van der Waals surface area (Å²) in [6.45, 7) is 0. The van der Waals surface area contributed by atoms with E-state index in [1.807, 2.05) is 0 Å². The minimum absolute atomic E-state index is 0.0225. The van der Waals surface area contributed by atoms with Crippen LogP contribution in [0.1, 0.15) is 28.5 Å². The van der Waals surface area contributed by atoms with Gasteiger partial charge in [-0.1, -0.05) is 0 Å². The molecule has 1 aliphatic rings. The molecule has 0 radical (unpaired) electrons. The van der Waals surface area contributed by atoms with Gasteiger partial charge in [-0.25, -0.2) is 4.39 Å². The second kappa shape index (κ2) is 5.69. The largest absolute Gasteiger partial charge is 0.364 e. The van der Waals surface area contributed by atoms with Crippen LogP contribution in [-0.4, -0.2) is 21.9 Å². The third kappa shape index (κ3) is 2.97. The number of hydrogen-bond acceptors (Lipinski definition) is 5. The zero-order chi connectivity index (χ0) is 14.8. The smallest absolute Gasteiger partial charge is 0.269 e. The first-order valence-electron chi connectivity index (χ1n) is 6.46. The van der Waals surface area contributed by atoms with Crippen molar-refractivity contribution in [2.75, 3.05) is 11.1 Å². The van der Waals surface area contributed by atoms with Gasteiger partial charge in [0.25, 0.3) is 5.91 Å². The lowest BCUT2D eigenvalue weighted by Gasteiger charge is -2.26. The highest BCUT2D eigenvalue weighted by atomic mass is 32.2. The average Bonchev–Trinajstić information content (AvgIpc) is 2.48. The van der Waals surface area contributed by atoms with Gasteiger partial charge in [-0.15, -0.1) is 22.0 Å². The van der Waals surface area contributed by atoms with Crippen molar-refractivity contribution in [3.8, 4) is 0 Å². The first kappa shape index (κ1) is 13.8. The molecule has 1 aliphatic heterocycles. The molecule has 2 aromatic rings. The van der Waals surface area contributed by atoms with E-state index < -0.39 is 5.91 Å². The van der Waals surface area contributed by atoms with Crippen LogP contribution in [0.5, 0.6) is 0 Å². The number of carbonyl (C=O) groups excluding carboxylic acids is 1. The second-order valence-corrected chi connectivity index (χ2v) is 5.82. The molecule has 0 bridgehead atoms. The Bertz CT molecular complexity index is 677. The molecular formula is C14H13FN4OS. The van der Waals surface area contributed by atoms with Gasteiger partial charge < -0.3 is 11.1 Å². The van der Waals surface area contributed by atoms with Gasteiger partial charge in [0.2, 0.25) is 0 Å². The molecular weight excluding hydrogens is 291 g/mol. The number of benzene rings is 1. The number of primary amides is 1. The zero-order valence-corrected chi connectivity index (χ0v) is 11.9. The SMILES string of the molecule is NC(=O)c1ccc(NC2CCSc3ccc(F)cc32)nn1. The number of thioether (sulfide) groups is 1. The maximum absolute atomic E-state index is 13.4. The fraction of sp³-hybridized carbons (Fsp3) is 0.214. The predicted molar refractivity (Wildman–Crippen MR) is 78.7 cm³/mol. The van der Waals surface area contributed by atoms with Crippen LogP contribution in [0.3, 0.4) is 0 Å². The van der Waals surface area contributed by atoms with Gasteiger partial charge in [0.1, 0.15) is 11.6 Å². The molecule has 1 amide bonds. The predicted octanol–water partition coefficient (Wildman–Crippen LogP) is 2.36. The quantitative estimate of drug-likeness (QED) is 0.910. The summed E-state index contributed by atoms with van der Waals surface area (Å²) in [5, 5.41) is 10.9. The van der Waals surface area contributed by atoms with Crippen LogP contribution < -0.4 is 11.1 Å². The lowest BCUT2D eigenvalue weighted by Crippen LogP contribution is -2.18. The van der Waals surface area contributed by atoms with E-state index in [-0.39, 0.29) is 17.6 Å². The second-order valence-electron chi connectivity index (χ2n) is 4.68. The number of rotatable bonds is 3. The van der Waals surface area contributed by atoms with Crippen molar-refractivity contribution in [1.82, 2.24) is 10.2 Å². The fourth-order valence-corrected chi connectivity index (χ4v) is 3.34.